The van der Waals surface area contributed by atoms with Crippen LogP contribution in [-0.4, -0.2) is 20.8 Å². The van der Waals surface area contributed by atoms with E-state index in [-0.39, 0.29) is 6.03 Å². The summed E-state index contributed by atoms with van der Waals surface area (Å²) in [6.07, 6.45) is 1.63. The van der Waals surface area contributed by atoms with Gasteiger partial charge in [-0.25, -0.2) is 9.78 Å². The lowest BCUT2D eigenvalue weighted by Gasteiger charge is -2.01. The summed E-state index contributed by atoms with van der Waals surface area (Å²) in [5.41, 5.74) is 0.976. The molecule has 0 unspecified atom stereocenters. The average molecular weight is 237 g/mol. The van der Waals surface area contributed by atoms with E-state index in [1.165, 1.54) is 11.3 Å². The number of hydrogen-bond acceptors (Lipinski definition) is 4. The molecule has 0 saturated carbocycles. The first kappa shape index (κ1) is 10.6. The highest BCUT2D eigenvalue weighted by Gasteiger charge is 2.07. The Balaban J connectivity index is 1.97. The number of thiazole rings is 1. The summed E-state index contributed by atoms with van der Waals surface area (Å²) in [5, 5.41) is 11.7. The Bertz CT molecular complexity index is 470. The van der Waals surface area contributed by atoms with Crippen molar-refractivity contribution >= 4 is 28.3 Å². The number of carbonyl (C=O) groups is 1. The molecule has 7 heteroatoms. The number of carbonyl (C=O) groups excluding carboxylic acids is 1. The van der Waals surface area contributed by atoms with E-state index in [0.29, 0.717) is 10.9 Å². The zero-order valence-electron chi connectivity index (χ0n) is 8.89. The Kier molecular flexibility index (Phi) is 2.86. The topological polar surface area (TPSA) is 71.8 Å². The van der Waals surface area contributed by atoms with E-state index in [1.807, 2.05) is 14.0 Å². The highest BCUT2D eigenvalue weighted by atomic mass is 32.1. The van der Waals surface area contributed by atoms with Crippen molar-refractivity contribution in [1.82, 2.24) is 14.8 Å². The highest BCUT2D eigenvalue weighted by molar-refractivity contribution is 7.13. The molecule has 2 aromatic heterocycles. The predicted octanol–water partition coefficient (Wildman–Crippen LogP) is 1.83. The van der Waals surface area contributed by atoms with Gasteiger partial charge in [-0.1, -0.05) is 0 Å². The quantitative estimate of drug-likeness (QED) is 0.837. The van der Waals surface area contributed by atoms with Crippen LogP contribution in [0.3, 0.4) is 0 Å². The van der Waals surface area contributed by atoms with Gasteiger partial charge in [-0.2, -0.15) is 5.10 Å². The fourth-order valence-corrected chi connectivity index (χ4v) is 1.68. The van der Waals surface area contributed by atoms with Crippen LogP contribution in [0, 0.1) is 6.92 Å². The lowest BCUT2D eigenvalue weighted by atomic mass is 10.5. The smallest absolute Gasteiger partial charge is 0.291 e. The van der Waals surface area contributed by atoms with E-state index in [1.54, 1.807) is 22.3 Å². The van der Waals surface area contributed by atoms with Crippen LogP contribution >= 0.6 is 11.3 Å². The first-order chi connectivity index (χ1) is 7.65. The molecule has 0 atom stereocenters. The van der Waals surface area contributed by atoms with Crippen molar-refractivity contribution in [1.29, 1.82) is 0 Å². The Morgan fingerprint density at radius 1 is 1.50 bits per heavy atom. The highest BCUT2D eigenvalue weighted by Crippen LogP contribution is 2.11. The molecule has 0 radical (unpaired) electrons. The monoisotopic (exact) mass is 237 g/mol. The minimum atomic E-state index is -0.340. The summed E-state index contributed by atoms with van der Waals surface area (Å²) in [7, 11) is 1.82. The summed E-state index contributed by atoms with van der Waals surface area (Å²) in [5.74, 6) is 0.522. The van der Waals surface area contributed by atoms with Crippen molar-refractivity contribution in [3.63, 3.8) is 0 Å². The summed E-state index contributed by atoms with van der Waals surface area (Å²) in [6.45, 7) is 1.91. The second kappa shape index (κ2) is 4.31. The van der Waals surface area contributed by atoms with Crippen molar-refractivity contribution in [2.75, 3.05) is 10.6 Å². The van der Waals surface area contributed by atoms with Gasteiger partial charge < -0.3 is 0 Å². The number of urea groups is 1. The van der Waals surface area contributed by atoms with Crippen LogP contribution in [0.15, 0.2) is 17.6 Å². The average Bonchev–Trinajstić information content (AvgIpc) is 2.78. The van der Waals surface area contributed by atoms with E-state index < -0.39 is 0 Å². The fourth-order valence-electron chi connectivity index (χ4n) is 1.15. The number of anilines is 2. The minimum Gasteiger partial charge on any atom is -0.291 e. The van der Waals surface area contributed by atoms with Gasteiger partial charge in [-0.15, -0.1) is 11.3 Å². The number of hydrogen-bond donors (Lipinski definition) is 2. The molecule has 16 heavy (non-hydrogen) atoms. The summed E-state index contributed by atoms with van der Waals surface area (Å²) < 4.78 is 1.69. The molecule has 0 aromatic carbocycles. The van der Waals surface area contributed by atoms with E-state index >= 15 is 0 Å². The van der Waals surface area contributed by atoms with Crippen molar-refractivity contribution in [3.05, 3.63) is 23.3 Å². The van der Waals surface area contributed by atoms with Crippen molar-refractivity contribution < 1.29 is 4.79 Å². The molecule has 6 nitrogen and oxygen atoms in total. The van der Waals surface area contributed by atoms with Gasteiger partial charge in [0, 0.05) is 30.4 Å². The maximum atomic E-state index is 11.5. The van der Waals surface area contributed by atoms with Crippen molar-refractivity contribution in [2.45, 2.75) is 6.92 Å². The van der Waals surface area contributed by atoms with Crippen LogP contribution < -0.4 is 10.6 Å². The molecule has 0 spiro atoms. The number of nitrogens with zero attached hydrogens (tertiary/aromatic N) is 3. The van der Waals surface area contributed by atoms with E-state index in [9.17, 15) is 4.79 Å². The molecule has 0 aliphatic rings. The molecule has 2 aromatic rings. The van der Waals surface area contributed by atoms with E-state index in [2.05, 4.69) is 20.7 Å². The van der Waals surface area contributed by atoms with Gasteiger partial charge in [0.25, 0.3) is 0 Å². The van der Waals surface area contributed by atoms with Gasteiger partial charge in [0.15, 0.2) is 10.9 Å². The van der Waals surface area contributed by atoms with Crippen LogP contribution in [-0.2, 0) is 7.05 Å². The van der Waals surface area contributed by atoms with E-state index in [0.717, 1.165) is 5.69 Å². The molecule has 2 rings (SSSR count). The second-order valence-corrected chi connectivity index (χ2v) is 4.11. The van der Waals surface area contributed by atoms with Gasteiger partial charge in [0.1, 0.15) is 0 Å². The number of aryl methyl sites for hydroxylation is 2. The third kappa shape index (κ3) is 2.37. The molecule has 84 valence electrons. The Morgan fingerprint density at radius 3 is 2.88 bits per heavy atom. The van der Waals surface area contributed by atoms with Crippen molar-refractivity contribution in [2.24, 2.45) is 7.05 Å². The standard InChI is InChI=1S/C9H11N5OS/c1-6-5-7(13-14(6)2)11-8(15)12-9-10-3-4-16-9/h3-5H,1-2H3,(H2,10,11,12,13,15). The maximum absolute atomic E-state index is 11.5. The first-order valence-corrected chi connectivity index (χ1v) is 5.51. The van der Waals surface area contributed by atoms with Crippen LogP contribution in [0.25, 0.3) is 0 Å². The molecule has 0 aliphatic heterocycles. The number of aromatic nitrogens is 3. The van der Waals surface area contributed by atoms with Crippen LogP contribution in [0.4, 0.5) is 15.7 Å². The van der Waals surface area contributed by atoms with Gasteiger partial charge >= 0.3 is 6.03 Å². The molecule has 0 saturated heterocycles. The summed E-state index contributed by atoms with van der Waals surface area (Å²) in [6, 6.07) is 1.45. The van der Waals surface area contributed by atoms with E-state index in [4.69, 9.17) is 0 Å². The number of nitrogens with one attached hydrogen (secondary N) is 2. The Hall–Kier alpha value is -1.89. The van der Waals surface area contributed by atoms with Crippen LogP contribution in [0.2, 0.25) is 0 Å². The van der Waals surface area contributed by atoms with Crippen molar-refractivity contribution in [3.8, 4) is 0 Å². The summed E-state index contributed by atoms with van der Waals surface area (Å²) in [4.78, 5) is 15.4. The number of amides is 2. The molecule has 0 aliphatic carbocycles. The van der Waals surface area contributed by atoms with Crippen LogP contribution in [0.1, 0.15) is 5.69 Å². The lowest BCUT2D eigenvalue weighted by molar-refractivity contribution is 0.262. The third-order valence-electron chi connectivity index (χ3n) is 2.01. The maximum Gasteiger partial charge on any atom is 0.326 e. The normalized spacial score (nSPS) is 10.1. The molecule has 0 fully saturated rings. The summed E-state index contributed by atoms with van der Waals surface area (Å²) >= 11 is 1.36. The molecule has 2 amide bonds. The lowest BCUT2D eigenvalue weighted by Crippen LogP contribution is -2.19. The zero-order valence-corrected chi connectivity index (χ0v) is 9.71. The molecular formula is C9H11N5OS. The second-order valence-electron chi connectivity index (χ2n) is 3.21. The SMILES string of the molecule is Cc1cc(NC(=O)Nc2nccs2)nn1C. The van der Waals surface area contributed by atoms with Gasteiger partial charge in [-0.3, -0.25) is 15.3 Å². The van der Waals surface area contributed by atoms with Gasteiger partial charge in [-0.05, 0) is 6.92 Å². The third-order valence-corrected chi connectivity index (χ3v) is 2.70. The Morgan fingerprint density at radius 2 is 2.31 bits per heavy atom. The predicted molar refractivity (Wildman–Crippen MR) is 62.7 cm³/mol. The molecular weight excluding hydrogens is 226 g/mol. The van der Waals surface area contributed by atoms with Crippen LogP contribution in [0.5, 0.6) is 0 Å². The molecule has 2 N–H and O–H groups in total. The number of rotatable bonds is 2. The minimum absolute atomic E-state index is 0.340. The molecule has 2 heterocycles. The first-order valence-electron chi connectivity index (χ1n) is 4.63. The largest absolute Gasteiger partial charge is 0.326 e. The Labute approximate surface area is 96.3 Å². The van der Waals surface area contributed by atoms with Gasteiger partial charge in [0.2, 0.25) is 0 Å². The fraction of sp³-hybridized carbons (Fsp3) is 0.222. The van der Waals surface area contributed by atoms with Gasteiger partial charge in [0.05, 0.1) is 0 Å². The molecule has 0 bridgehead atoms. The zero-order chi connectivity index (χ0) is 11.5.